The highest BCUT2D eigenvalue weighted by atomic mass is 35.5. The van der Waals surface area contributed by atoms with Crippen molar-refractivity contribution >= 4 is 17.6 Å². The second kappa shape index (κ2) is 9.29. The number of esters is 1. The van der Waals surface area contributed by atoms with Gasteiger partial charge in [0.2, 0.25) is 0 Å². The molecule has 0 N–H and O–H groups in total. The zero-order chi connectivity index (χ0) is 13.1. The fourth-order valence-corrected chi connectivity index (χ4v) is 1.56. The Morgan fingerprint density at radius 1 is 1.12 bits per heavy atom. The van der Waals surface area contributed by atoms with Gasteiger partial charge in [0.15, 0.2) is 0 Å². The summed E-state index contributed by atoms with van der Waals surface area (Å²) in [5.74, 6) is 0.438. The average molecular weight is 259 g/mol. The number of carbonyl (C=O) groups is 1. The number of alkyl halides is 1. The van der Waals surface area contributed by atoms with E-state index in [2.05, 4.69) is 18.2 Å². The quantitative estimate of drug-likeness (QED) is 0.284. The summed E-state index contributed by atoms with van der Waals surface area (Å²) in [5.41, 5.74) is -0.391. The number of hydrogen-bond acceptors (Lipinski definition) is 2. The third-order valence-corrected chi connectivity index (χ3v) is 2.77. The SMILES string of the molecule is COC(=O)C(C)(C)CC/C=C/CC/C=C/CCl. The van der Waals surface area contributed by atoms with E-state index in [1.165, 1.54) is 7.11 Å². The molecule has 3 heteroatoms. The molecule has 0 aliphatic heterocycles. The molecule has 0 aromatic heterocycles. The molecule has 0 saturated carbocycles. The lowest BCUT2D eigenvalue weighted by atomic mass is 9.88. The van der Waals surface area contributed by atoms with Crippen LogP contribution in [-0.2, 0) is 9.53 Å². The molecule has 0 amide bonds. The molecule has 0 spiro atoms. The molecule has 0 atom stereocenters. The Labute approximate surface area is 110 Å². The van der Waals surface area contributed by atoms with Crippen molar-refractivity contribution in [2.75, 3.05) is 13.0 Å². The van der Waals surface area contributed by atoms with Gasteiger partial charge in [-0.25, -0.2) is 0 Å². The molecule has 0 unspecified atom stereocenters. The molecule has 98 valence electrons. The molecule has 0 saturated heterocycles. The normalized spacial score (nSPS) is 12.5. The Kier molecular flexibility index (Phi) is 8.87. The number of unbranched alkanes of at least 4 members (excludes halogenated alkanes) is 1. The monoisotopic (exact) mass is 258 g/mol. The van der Waals surface area contributed by atoms with Crippen molar-refractivity contribution in [3.8, 4) is 0 Å². The molecule has 0 heterocycles. The molecule has 0 radical (unpaired) electrons. The molecule has 0 aliphatic rings. The van der Waals surface area contributed by atoms with Gasteiger partial charge in [-0.05, 0) is 39.5 Å². The van der Waals surface area contributed by atoms with Crippen LogP contribution in [-0.4, -0.2) is 19.0 Å². The number of allylic oxidation sites excluding steroid dienone is 4. The third-order valence-electron chi connectivity index (χ3n) is 2.60. The van der Waals surface area contributed by atoms with E-state index in [4.69, 9.17) is 16.3 Å². The van der Waals surface area contributed by atoms with Crippen LogP contribution in [0.4, 0.5) is 0 Å². The van der Waals surface area contributed by atoms with E-state index < -0.39 is 5.41 Å². The van der Waals surface area contributed by atoms with E-state index in [0.717, 1.165) is 25.7 Å². The lowest BCUT2D eigenvalue weighted by Gasteiger charge is -2.20. The minimum absolute atomic E-state index is 0.143. The van der Waals surface area contributed by atoms with Gasteiger partial charge in [-0.15, -0.1) is 11.6 Å². The summed E-state index contributed by atoms with van der Waals surface area (Å²) in [5, 5.41) is 0. The molecule has 0 aromatic carbocycles. The standard InChI is InChI=1S/C14H23ClO2/c1-14(2,13(16)17-3)11-9-7-5-4-6-8-10-12-15/h5,7-8,10H,4,6,9,11-12H2,1-3H3/b7-5+,10-8+. The molecular formula is C14H23ClO2. The first-order chi connectivity index (χ1) is 8.04. The molecule has 0 bridgehead atoms. The van der Waals surface area contributed by atoms with Crippen molar-refractivity contribution in [2.24, 2.45) is 5.41 Å². The fourth-order valence-electron chi connectivity index (χ4n) is 1.43. The zero-order valence-corrected chi connectivity index (χ0v) is 11.8. The van der Waals surface area contributed by atoms with Gasteiger partial charge >= 0.3 is 5.97 Å². The number of halogens is 1. The minimum atomic E-state index is -0.391. The smallest absolute Gasteiger partial charge is 0.311 e. The van der Waals surface area contributed by atoms with Crippen molar-refractivity contribution in [3.63, 3.8) is 0 Å². The van der Waals surface area contributed by atoms with Crippen LogP contribution in [0.2, 0.25) is 0 Å². The Balaban J connectivity index is 3.72. The van der Waals surface area contributed by atoms with Gasteiger partial charge in [-0.1, -0.05) is 24.3 Å². The highest BCUT2D eigenvalue weighted by molar-refractivity contribution is 6.18. The minimum Gasteiger partial charge on any atom is -0.469 e. The van der Waals surface area contributed by atoms with Crippen LogP contribution in [0.1, 0.15) is 39.5 Å². The van der Waals surface area contributed by atoms with Crippen molar-refractivity contribution in [1.29, 1.82) is 0 Å². The van der Waals surface area contributed by atoms with E-state index in [0.29, 0.717) is 5.88 Å². The van der Waals surface area contributed by atoms with Crippen LogP contribution in [0.3, 0.4) is 0 Å². The Bertz CT molecular complexity index is 267. The van der Waals surface area contributed by atoms with E-state index in [9.17, 15) is 4.79 Å². The van der Waals surface area contributed by atoms with Crippen LogP contribution in [0.5, 0.6) is 0 Å². The Morgan fingerprint density at radius 2 is 1.65 bits per heavy atom. The maximum Gasteiger partial charge on any atom is 0.311 e. The van der Waals surface area contributed by atoms with Crippen molar-refractivity contribution in [1.82, 2.24) is 0 Å². The maximum atomic E-state index is 11.4. The second-order valence-electron chi connectivity index (χ2n) is 4.59. The number of methoxy groups -OCH3 is 1. The van der Waals surface area contributed by atoms with Gasteiger partial charge in [-0.3, -0.25) is 4.79 Å². The largest absolute Gasteiger partial charge is 0.469 e. The lowest BCUT2D eigenvalue weighted by molar-refractivity contribution is -0.151. The van der Waals surface area contributed by atoms with Gasteiger partial charge in [-0.2, -0.15) is 0 Å². The number of carbonyl (C=O) groups excluding carboxylic acids is 1. The van der Waals surface area contributed by atoms with Crippen LogP contribution in [0.15, 0.2) is 24.3 Å². The summed E-state index contributed by atoms with van der Waals surface area (Å²) in [4.78, 5) is 11.4. The topological polar surface area (TPSA) is 26.3 Å². The van der Waals surface area contributed by atoms with Crippen LogP contribution < -0.4 is 0 Å². The fraction of sp³-hybridized carbons (Fsp3) is 0.643. The third kappa shape index (κ3) is 8.03. The van der Waals surface area contributed by atoms with Crippen molar-refractivity contribution < 1.29 is 9.53 Å². The summed E-state index contributed by atoms with van der Waals surface area (Å²) in [7, 11) is 1.43. The summed E-state index contributed by atoms with van der Waals surface area (Å²) in [6.07, 6.45) is 12.1. The van der Waals surface area contributed by atoms with E-state index in [1.54, 1.807) is 0 Å². The first-order valence-electron chi connectivity index (χ1n) is 5.99. The molecule has 0 aliphatic carbocycles. The maximum absolute atomic E-state index is 11.4. The predicted molar refractivity (Wildman–Crippen MR) is 73.3 cm³/mol. The van der Waals surface area contributed by atoms with Crippen LogP contribution in [0.25, 0.3) is 0 Å². The van der Waals surface area contributed by atoms with Gasteiger partial charge in [0.05, 0.1) is 12.5 Å². The Morgan fingerprint density at radius 3 is 2.18 bits per heavy atom. The zero-order valence-electron chi connectivity index (χ0n) is 11.0. The molecule has 0 aromatic rings. The summed E-state index contributed by atoms with van der Waals surface area (Å²) >= 11 is 5.51. The number of ether oxygens (including phenoxy) is 1. The van der Waals surface area contributed by atoms with E-state index >= 15 is 0 Å². The van der Waals surface area contributed by atoms with Crippen LogP contribution in [0, 0.1) is 5.41 Å². The highest BCUT2D eigenvalue weighted by Gasteiger charge is 2.27. The summed E-state index contributed by atoms with van der Waals surface area (Å²) in [6, 6.07) is 0. The first kappa shape index (κ1) is 16.2. The second-order valence-corrected chi connectivity index (χ2v) is 4.90. The highest BCUT2D eigenvalue weighted by Crippen LogP contribution is 2.24. The molecular weight excluding hydrogens is 236 g/mol. The molecule has 2 nitrogen and oxygen atoms in total. The first-order valence-corrected chi connectivity index (χ1v) is 6.52. The van der Waals surface area contributed by atoms with Crippen molar-refractivity contribution in [3.05, 3.63) is 24.3 Å². The predicted octanol–water partition coefficient (Wildman–Crippen LogP) is 4.10. The van der Waals surface area contributed by atoms with Gasteiger partial charge in [0, 0.05) is 5.88 Å². The molecule has 0 fully saturated rings. The van der Waals surface area contributed by atoms with E-state index in [-0.39, 0.29) is 5.97 Å². The van der Waals surface area contributed by atoms with Gasteiger partial charge in [0.1, 0.15) is 0 Å². The average Bonchev–Trinajstić information content (AvgIpc) is 2.31. The number of hydrogen-bond donors (Lipinski definition) is 0. The van der Waals surface area contributed by atoms with Crippen molar-refractivity contribution in [2.45, 2.75) is 39.5 Å². The lowest BCUT2D eigenvalue weighted by Crippen LogP contribution is -2.25. The van der Waals surface area contributed by atoms with E-state index in [1.807, 2.05) is 19.9 Å². The van der Waals surface area contributed by atoms with Gasteiger partial charge in [0.25, 0.3) is 0 Å². The Hall–Kier alpha value is -0.760. The molecule has 0 rings (SSSR count). The van der Waals surface area contributed by atoms with Gasteiger partial charge < -0.3 is 4.74 Å². The molecule has 17 heavy (non-hydrogen) atoms. The summed E-state index contributed by atoms with van der Waals surface area (Å²) in [6.45, 7) is 3.83. The number of rotatable bonds is 8. The summed E-state index contributed by atoms with van der Waals surface area (Å²) < 4.78 is 4.75. The van der Waals surface area contributed by atoms with Crippen LogP contribution >= 0.6 is 11.6 Å².